The molecule has 3 nitrogen and oxygen atoms in total. The largest absolute Gasteiger partial charge is 0.375 e. The highest BCUT2D eigenvalue weighted by Crippen LogP contribution is 2.16. The van der Waals surface area contributed by atoms with Crippen LogP contribution in [0.2, 0.25) is 0 Å². The molecule has 1 aliphatic rings. The van der Waals surface area contributed by atoms with Crippen LogP contribution in [0.3, 0.4) is 0 Å². The number of Topliss-reactive ketones (excluding diaryl/α,β-unsaturated/α-hetero) is 1. The van der Waals surface area contributed by atoms with Gasteiger partial charge in [-0.15, -0.1) is 0 Å². The molecule has 1 atom stereocenters. The second-order valence-corrected chi connectivity index (χ2v) is 6.32. The van der Waals surface area contributed by atoms with Gasteiger partial charge >= 0.3 is 0 Å². The zero-order chi connectivity index (χ0) is 16.9. The van der Waals surface area contributed by atoms with E-state index in [-0.39, 0.29) is 17.7 Å². The normalized spacial score (nSPS) is 18.5. The molecule has 0 radical (unpaired) electrons. The lowest BCUT2D eigenvalue weighted by molar-refractivity contribution is -0.0305. The van der Waals surface area contributed by atoms with Crippen LogP contribution in [0.15, 0.2) is 48.5 Å². The maximum atomic E-state index is 13.0. The highest BCUT2D eigenvalue weighted by atomic mass is 19.1. The van der Waals surface area contributed by atoms with Gasteiger partial charge in [0.15, 0.2) is 5.78 Å². The highest BCUT2D eigenvalue weighted by Gasteiger charge is 2.21. The summed E-state index contributed by atoms with van der Waals surface area (Å²) in [6.45, 7) is 4.81. The zero-order valence-electron chi connectivity index (χ0n) is 13.9. The summed E-state index contributed by atoms with van der Waals surface area (Å²) in [5, 5.41) is 0. The summed E-state index contributed by atoms with van der Waals surface area (Å²) in [4.78, 5) is 13.9. The molecule has 0 unspecified atom stereocenters. The molecule has 1 saturated heterocycles. The van der Waals surface area contributed by atoms with Crippen LogP contribution in [0, 0.1) is 5.82 Å². The van der Waals surface area contributed by atoms with Crippen LogP contribution in [0.5, 0.6) is 0 Å². The Morgan fingerprint density at radius 1 is 1.21 bits per heavy atom. The molecule has 126 valence electrons. The molecule has 0 N–H and O–H groups in total. The van der Waals surface area contributed by atoms with Gasteiger partial charge in [0.2, 0.25) is 0 Å². The monoisotopic (exact) mass is 327 g/mol. The number of ketones is 1. The van der Waals surface area contributed by atoms with Crippen LogP contribution in [-0.4, -0.2) is 36.5 Å². The SMILES string of the molecule is CC(=O)c1cccc(CN2CCO[C@@H](Cc3ccc(F)cc3)C2)c1. The maximum absolute atomic E-state index is 13.0. The number of morpholine rings is 1. The van der Waals surface area contributed by atoms with Gasteiger partial charge in [0.1, 0.15) is 5.82 Å². The van der Waals surface area contributed by atoms with Crippen LogP contribution >= 0.6 is 0 Å². The van der Waals surface area contributed by atoms with Gasteiger partial charge in [-0.05, 0) is 42.7 Å². The number of ether oxygens (including phenoxy) is 1. The molecule has 0 amide bonds. The first-order valence-corrected chi connectivity index (χ1v) is 8.28. The number of benzene rings is 2. The number of halogens is 1. The highest BCUT2D eigenvalue weighted by molar-refractivity contribution is 5.94. The Balaban J connectivity index is 1.60. The Kier molecular flexibility index (Phi) is 5.38. The number of hydrogen-bond donors (Lipinski definition) is 0. The molecule has 3 rings (SSSR count). The predicted octanol–water partition coefficient (Wildman–Crippen LogP) is 3.47. The molecule has 1 fully saturated rings. The second-order valence-electron chi connectivity index (χ2n) is 6.32. The summed E-state index contributed by atoms with van der Waals surface area (Å²) in [5.41, 5.74) is 2.98. The van der Waals surface area contributed by atoms with E-state index >= 15 is 0 Å². The number of nitrogens with zero attached hydrogens (tertiary/aromatic N) is 1. The maximum Gasteiger partial charge on any atom is 0.159 e. The first-order valence-electron chi connectivity index (χ1n) is 8.28. The molecule has 0 spiro atoms. The van der Waals surface area contributed by atoms with Crippen molar-refractivity contribution in [2.24, 2.45) is 0 Å². The topological polar surface area (TPSA) is 29.5 Å². The van der Waals surface area contributed by atoms with Crippen molar-refractivity contribution in [3.05, 3.63) is 71.0 Å². The summed E-state index contributed by atoms with van der Waals surface area (Å²) in [7, 11) is 0. The Hall–Kier alpha value is -2.04. The van der Waals surface area contributed by atoms with Gasteiger partial charge in [0, 0.05) is 25.2 Å². The average Bonchev–Trinajstić information content (AvgIpc) is 2.57. The standard InChI is InChI=1S/C20H22FNO2/c1-15(23)18-4-2-3-17(11-18)13-22-9-10-24-20(14-22)12-16-5-7-19(21)8-6-16/h2-8,11,20H,9-10,12-14H2,1H3/t20-/m0/s1. The molecular weight excluding hydrogens is 305 g/mol. The molecule has 0 aromatic heterocycles. The van der Waals surface area contributed by atoms with Crippen molar-refractivity contribution < 1.29 is 13.9 Å². The van der Waals surface area contributed by atoms with E-state index < -0.39 is 0 Å². The number of hydrogen-bond acceptors (Lipinski definition) is 3. The van der Waals surface area contributed by atoms with Crippen molar-refractivity contribution >= 4 is 5.78 Å². The van der Waals surface area contributed by atoms with Gasteiger partial charge in [-0.25, -0.2) is 4.39 Å². The van der Waals surface area contributed by atoms with Crippen molar-refractivity contribution in [2.45, 2.75) is 26.0 Å². The summed E-state index contributed by atoms with van der Waals surface area (Å²) < 4.78 is 18.8. The lowest BCUT2D eigenvalue weighted by Gasteiger charge is -2.33. The van der Waals surface area contributed by atoms with E-state index in [1.165, 1.54) is 12.1 Å². The Bertz CT molecular complexity index is 699. The Labute approximate surface area is 142 Å². The van der Waals surface area contributed by atoms with Gasteiger partial charge in [-0.2, -0.15) is 0 Å². The molecule has 4 heteroatoms. The molecule has 2 aromatic rings. The van der Waals surface area contributed by atoms with Gasteiger partial charge in [0.25, 0.3) is 0 Å². The number of rotatable bonds is 5. The van der Waals surface area contributed by atoms with E-state index in [2.05, 4.69) is 11.0 Å². The summed E-state index contributed by atoms with van der Waals surface area (Å²) >= 11 is 0. The fraction of sp³-hybridized carbons (Fsp3) is 0.350. The quantitative estimate of drug-likeness (QED) is 0.788. The third-order valence-corrected chi connectivity index (χ3v) is 4.34. The molecule has 0 saturated carbocycles. The van der Waals surface area contributed by atoms with Gasteiger partial charge in [-0.1, -0.05) is 30.3 Å². The van der Waals surface area contributed by atoms with Gasteiger partial charge in [-0.3, -0.25) is 9.69 Å². The van der Waals surface area contributed by atoms with E-state index in [0.717, 1.165) is 42.7 Å². The summed E-state index contributed by atoms with van der Waals surface area (Å²) in [6.07, 6.45) is 0.893. The minimum absolute atomic E-state index is 0.0908. The minimum Gasteiger partial charge on any atom is -0.375 e. The molecule has 24 heavy (non-hydrogen) atoms. The molecule has 2 aromatic carbocycles. The Morgan fingerprint density at radius 2 is 2.00 bits per heavy atom. The summed E-state index contributed by atoms with van der Waals surface area (Å²) in [6, 6.07) is 14.4. The molecule has 1 heterocycles. The average molecular weight is 327 g/mol. The van der Waals surface area contributed by atoms with E-state index in [9.17, 15) is 9.18 Å². The van der Waals surface area contributed by atoms with Crippen molar-refractivity contribution in [1.82, 2.24) is 4.90 Å². The van der Waals surface area contributed by atoms with Crippen LogP contribution in [0.25, 0.3) is 0 Å². The van der Waals surface area contributed by atoms with Crippen LogP contribution in [-0.2, 0) is 17.7 Å². The molecule has 0 aliphatic carbocycles. The fourth-order valence-corrected chi connectivity index (χ4v) is 3.08. The van der Waals surface area contributed by atoms with Crippen LogP contribution in [0.4, 0.5) is 4.39 Å². The third-order valence-electron chi connectivity index (χ3n) is 4.34. The fourth-order valence-electron chi connectivity index (χ4n) is 3.08. The van der Waals surface area contributed by atoms with E-state index in [4.69, 9.17) is 4.74 Å². The lowest BCUT2D eigenvalue weighted by atomic mass is 10.0. The first-order chi connectivity index (χ1) is 11.6. The zero-order valence-corrected chi connectivity index (χ0v) is 13.9. The molecule has 0 bridgehead atoms. The lowest BCUT2D eigenvalue weighted by Crippen LogP contribution is -2.42. The minimum atomic E-state index is -0.213. The van der Waals surface area contributed by atoms with Crippen molar-refractivity contribution in [1.29, 1.82) is 0 Å². The summed E-state index contributed by atoms with van der Waals surface area (Å²) in [5.74, 6) is -0.122. The smallest absolute Gasteiger partial charge is 0.159 e. The Morgan fingerprint density at radius 3 is 2.75 bits per heavy atom. The van der Waals surface area contributed by atoms with Crippen molar-refractivity contribution in [3.63, 3.8) is 0 Å². The molecule has 1 aliphatic heterocycles. The number of carbonyl (C=O) groups is 1. The van der Waals surface area contributed by atoms with E-state index in [1.807, 2.05) is 30.3 Å². The van der Waals surface area contributed by atoms with Gasteiger partial charge in [0.05, 0.1) is 12.7 Å². The van der Waals surface area contributed by atoms with E-state index in [0.29, 0.717) is 6.61 Å². The number of carbonyl (C=O) groups excluding carboxylic acids is 1. The predicted molar refractivity (Wildman–Crippen MR) is 91.6 cm³/mol. The first kappa shape index (κ1) is 16.8. The van der Waals surface area contributed by atoms with Crippen LogP contribution < -0.4 is 0 Å². The van der Waals surface area contributed by atoms with Crippen molar-refractivity contribution in [2.75, 3.05) is 19.7 Å². The second kappa shape index (κ2) is 7.69. The van der Waals surface area contributed by atoms with Gasteiger partial charge < -0.3 is 4.74 Å². The third kappa shape index (κ3) is 4.49. The van der Waals surface area contributed by atoms with E-state index in [1.54, 1.807) is 6.92 Å². The van der Waals surface area contributed by atoms with Crippen molar-refractivity contribution in [3.8, 4) is 0 Å². The van der Waals surface area contributed by atoms with Crippen LogP contribution in [0.1, 0.15) is 28.4 Å². The molecular formula is C20H22FNO2.